The Kier molecular flexibility index (Phi) is 5.58. The maximum atomic E-state index is 12.5. The van der Waals surface area contributed by atoms with Gasteiger partial charge in [-0.1, -0.05) is 6.07 Å². The van der Waals surface area contributed by atoms with Crippen molar-refractivity contribution >= 4 is 23.2 Å². The number of carbonyl (C=O) groups is 2. The molecule has 0 fully saturated rings. The van der Waals surface area contributed by atoms with Gasteiger partial charge in [0, 0.05) is 16.9 Å². The van der Waals surface area contributed by atoms with E-state index >= 15 is 0 Å². The van der Waals surface area contributed by atoms with Crippen molar-refractivity contribution in [2.75, 3.05) is 10.6 Å². The molecule has 2 aromatic carbocycles. The molecule has 0 aliphatic heterocycles. The van der Waals surface area contributed by atoms with Crippen molar-refractivity contribution < 1.29 is 31.9 Å². The fraction of sp³-hybridized carbons (Fsp3) is 0.100. The predicted molar refractivity (Wildman–Crippen MR) is 98.9 cm³/mol. The van der Waals surface area contributed by atoms with Crippen molar-refractivity contribution in [2.45, 2.75) is 13.3 Å². The number of halogens is 3. The molecule has 0 atom stereocenters. The van der Waals surface area contributed by atoms with E-state index in [4.69, 9.17) is 4.42 Å². The average molecular weight is 404 g/mol. The van der Waals surface area contributed by atoms with Gasteiger partial charge in [0.2, 0.25) is 0 Å². The maximum absolute atomic E-state index is 12.5. The lowest BCUT2D eigenvalue weighted by atomic mass is 10.1. The van der Waals surface area contributed by atoms with Crippen LogP contribution in [-0.4, -0.2) is 18.2 Å². The molecular weight excluding hydrogens is 389 g/mol. The predicted octanol–water partition coefficient (Wildman–Crippen LogP) is 4.99. The van der Waals surface area contributed by atoms with E-state index in [0.29, 0.717) is 5.69 Å². The summed E-state index contributed by atoms with van der Waals surface area (Å²) in [7, 11) is 0. The van der Waals surface area contributed by atoms with E-state index in [1.165, 1.54) is 30.5 Å². The quantitative estimate of drug-likeness (QED) is 0.628. The van der Waals surface area contributed by atoms with Gasteiger partial charge in [-0.15, -0.1) is 13.2 Å². The van der Waals surface area contributed by atoms with E-state index in [9.17, 15) is 22.8 Å². The van der Waals surface area contributed by atoms with Crippen molar-refractivity contribution in [3.63, 3.8) is 0 Å². The number of hydrogen-bond acceptors (Lipinski definition) is 4. The Morgan fingerprint density at radius 1 is 0.966 bits per heavy atom. The summed E-state index contributed by atoms with van der Waals surface area (Å²) in [5.41, 5.74) is 1.69. The minimum absolute atomic E-state index is 0.125. The second-order valence-electron chi connectivity index (χ2n) is 5.99. The number of carbonyl (C=O) groups excluding carboxylic acids is 2. The minimum atomic E-state index is -4.79. The number of ether oxygens (including phenoxy) is 1. The van der Waals surface area contributed by atoms with Crippen molar-refractivity contribution in [3.8, 4) is 5.75 Å². The standard InChI is InChI=1S/C20H15F3N2O4/c1-12-4-5-13(11-16(12)25-19(27)17-3-2-10-28-17)18(26)24-14-6-8-15(9-7-14)29-20(21,22)23/h2-11H,1H3,(H,24,26)(H,25,27). The van der Waals surface area contributed by atoms with E-state index in [1.54, 1.807) is 25.1 Å². The Bertz CT molecular complexity index is 1010. The zero-order chi connectivity index (χ0) is 21.0. The topological polar surface area (TPSA) is 80.6 Å². The monoisotopic (exact) mass is 404 g/mol. The molecule has 29 heavy (non-hydrogen) atoms. The van der Waals surface area contributed by atoms with Crippen molar-refractivity contribution in [3.05, 3.63) is 77.7 Å². The molecule has 2 amide bonds. The molecule has 9 heteroatoms. The Hall–Kier alpha value is -3.75. The molecule has 0 unspecified atom stereocenters. The molecule has 2 N–H and O–H groups in total. The first-order chi connectivity index (χ1) is 13.7. The smallest absolute Gasteiger partial charge is 0.459 e. The fourth-order valence-corrected chi connectivity index (χ4v) is 2.43. The van der Waals surface area contributed by atoms with Crippen LogP contribution in [0.2, 0.25) is 0 Å². The van der Waals surface area contributed by atoms with Crippen LogP contribution < -0.4 is 15.4 Å². The van der Waals surface area contributed by atoms with E-state index in [-0.39, 0.29) is 17.0 Å². The SMILES string of the molecule is Cc1ccc(C(=O)Nc2ccc(OC(F)(F)F)cc2)cc1NC(=O)c1ccco1. The molecule has 3 rings (SSSR count). The lowest BCUT2D eigenvalue weighted by molar-refractivity contribution is -0.274. The van der Waals surface area contributed by atoms with E-state index in [2.05, 4.69) is 15.4 Å². The van der Waals surface area contributed by atoms with Gasteiger partial charge in [-0.2, -0.15) is 0 Å². The van der Waals surface area contributed by atoms with Gasteiger partial charge in [0.1, 0.15) is 5.75 Å². The first-order valence-electron chi connectivity index (χ1n) is 8.34. The Morgan fingerprint density at radius 2 is 1.69 bits per heavy atom. The van der Waals surface area contributed by atoms with Gasteiger partial charge in [-0.25, -0.2) is 0 Å². The third-order valence-corrected chi connectivity index (χ3v) is 3.84. The van der Waals surface area contributed by atoms with Crippen LogP contribution in [0.4, 0.5) is 24.5 Å². The van der Waals surface area contributed by atoms with Crippen LogP contribution >= 0.6 is 0 Å². The van der Waals surface area contributed by atoms with Crippen LogP contribution in [0.5, 0.6) is 5.75 Å². The number of benzene rings is 2. The molecule has 6 nitrogen and oxygen atoms in total. The van der Waals surface area contributed by atoms with E-state index in [1.807, 2.05) is 0 Å². The summed E-state index contributed by atoms with van der Waals surface area (Å²) in [6, 6.07) is 12.6. The van der Waals surface area contributed by atoms with Gasteiger partial charge < -0.3 is 19.8 Å². The number of furan rings is 1. The Labute approximate surface area is 163 Å². The third kappa shape index (κ3) is 5.38. The summed E-state index contributed by atoms with van der Waals surface area (Å²) in [5, 5.41) is 5.23. The van der Waals surface area contributed by atoms with E-state index < -0.39 is 23.9 Å². The summed E-state index contributed by atoms with van der Waals surface area (Å²) in [5.74, 6) is -1.23. The van der Waals surface area contributed by atoms with Gasteiger partial charge in [0.25, 0.3) is 11.8 Å². The highest BCUT2D eigenvalue weighted by atomic mass is 19.4. The Morgan fingerprint density at radius 3 is 2.31 bits per heavy atom. The molecule has 0 saturated heterocycles. The fourth-order valence-electron chi connectivity index (χ4n) is 2.43. The van der Waals surface area contributed by atoms with Crippen LogP contribution in [0.1, 0.15) is 26.5 Å². The van der Waals surface area contributed by atoms with Crippen LogP contribution in [-0.2, 0) is 0 Å². The molecule has 0 aliphatic rings. The second kappa shape index (κ2) is 8.09. The largest absolute Gasteiger partial charge is 0.573 e. The Balaban J connectivity index is 1.70. The molecule has 0 aliphatic carbocycles. The second-order valence-corrected chi connectivity index (χ2v) is 5.99. The van der Waals surface area contributed by atoms with Crippen molar-refractivity contribution in [1.82, 2.24) is 0 Å². The van der Waals surface area contributed by atoms with Gasteiger partial charge in [-0.05, 0) is 61.0 Å². The number of anilines is 2. The van der Waals surface area contributed by atoms with Gasteiger partial charge >= 0.3 is 6.36 Å². The molecule has 0 saturated carbocycles. The summed E-state index contributed by atoms with van der Waals surface area (Å²) < 4.78 is 45.4. The summed E-state index contributed by atoms with van der Waals surface area (Å²) in [6.07, 6.45) is -3.42. The number of aryl methyl sites for hydroxylation is 1. The average Bonchev–Trinajstić information content (AvgIpc) is 3.19. The molecule has 1 aromatic heterocycles. The highest BCUT2D eigenvalue weighted by Crippen LogP contribution is 2.24. The lowest BCUT2D eigenvalue weighted by Crippen LogP contribution is -2.17. The highest BCUT2D eigenvalue weighted by molar-refractivity contribution is 6.07. The summed E-state index contributed by atoms with van der Waals surface area (Å²) in [4.78, 5) is 24.6. The first kappa shape index (κ1) is 20.0. The van der Waals surface area contributed by atoms with Gasteiger partial charge in [-0.3, -0.25) is 9.59 Å². The van der Waals surface area contributed by atoms with E-state index in [0.717, 1.165) is 17.7 Å². The zero-order valence-electron chi connectivity index (χ0n) is 15.0. The molecule has 0 bridgehead atoms. The van der Waals surface area contributed by atoms with Gasteiger partial charge in [0.15, 0.2) is 5.76 Å². The lowest BCUT2D eigenvalue weighted by Gasteiger charge is -2.11. The molecule has 0 spiro atoms. The maximum Gasteiger partial charge on any atom is 0.573 e. The number of alkyl halides is 3. The molecular formula is C20H15F3N2O4. The van der Waals surface area contributed by atoms with Crippen molar-refractivity contribution in [1.29, 1.82) is 0 Å². The number of nitrogens with one attached hydrogen (secondary N) is 2. The number of rotatable bonds is 5. The molecule has 150 valence electrons. The number of hydrogen-bond donors (Lipinski definition) is 2. The summed E-state index contributed by atoms with van der Waals surface area (Å²) in [6.45, 7) is 1.76. The third-order valence-electron chi connectivity index (χ3n) is 3.84. The molecule has 3 aromatic rings. The molecule has 0 radical (unpaired) electrons. The number of amides is 2. The highest BCUT2D eigenvalue weighted by Gasteiger charge is 2.31. The van der Waals surface area contributed by atoms with Crippen LogP contribution in [0, 0.1) is 6.92 Å². The minimum Gasteiger partial charge on any atom is -0.459 e. The zero-order valence-corrected chi connectivity index (χ0v) is 15.0. The first-order valence-corrected chi connectivity index (χ1v) is 8.34. The summed E-state index contributed by atoms with van der Waals surface area (Å²) >= 11 is 0. The van der Waals surface area contributed by atoms with Crippen LogP contribution in [0.25, 0.3) is 0 Å². The van der Waals surface area contributed by atoms with Crippen molar-refractivity contribution in [2.24, 2.45) is 0 Å². The van der Waals surface area contributed by atoms with Gasteiger partial charge in [0.05, 0.1) is 6.26 Å². The van der Waals surface area contributed by atoms with Crippen LogP contribution in [0.3, 0.4) is 0 Å². The molecule has 1 heterocycles. The normalized spacial score (nSPS) is 11.0. The van der Waals surface area contributed by atoms with Crippen LogP contribution in [0.15, 0.2) is 65.3 Å².